The first kappa shape index (κ1) is 22.1. The summed E-state index contributed by atoms with van der Waals surface area (Å²) in [6.45, 7) is 2.36. The molecule has 3 aromatic rings. The number of halogens is 1. The number of hydrogen-bond acceptors (Lipinski definition) is 6. The van der Waals surface area contributed by atoms with Gasteiger partial charge in [-0.3, -0.25) is 4.79 Å². The van der Waals surface area contributed by atoms with Crippen LogP contribution in [0.1, 0.15) is 18.1 Å². The van der Waals surface area contributed by atoms with Crippen LogP contribution in [0.3, 0.4) is 0 Å². The van der Waals surface area contributed by atoms with Crippen LogP contribution in [-0.2, 0) is 25.5 Å². The van der Waals surface area contributed by atoms with Crippen LogP contribution >= 0.6 is 12.4 Å². The molecule has 0 saturated carbocycles. The van der Waals surface area contributed by atoms with Gasteiger partial charge in [-0.25, -0.2) is 9.78 Å². The highest BCUT2D eigenvalue weighted by molar-refractivity contribution is 6.26. The number of carbonyl (C=O) groups is 2. The van der Waals surface area contributed by atoms with Gasteiger partial charge in [0.05, 0.1) is 6.61 Å². The molecule has 2 N–H and O–H groups in total. The quantitative estimate of drug-likeness (QED) is 0.332. The van der Waals surface area contributed by atoms with Gasteiger partial charge in [-0.2, -0.15) is 0 Å². The Hall–Kier alpha value is -3.58. The molecule has 0 aliphatic carbocycles. The molecular formula is C23H22ClN3O4. The maximum Gasteiger partial charge on any atom is 0.347 e. The number of carbonyl (C=O) groups excluding carboxylic acids is 2. The van der Waals surface area contributed by atoms with Crippen molar-refractivity contribution >= 4 is 41.3 Å². The van der Waals surface area contributed by atoms with E-state index < -0.39 is 11.8 Å². The number of nitrogens with zero attached hydrogens (tertiary/aromatic N) is 1. The number of H-pyrrole nitrogens is 1. The van der Waals surface area contributed by atoms with Crippen LogP contribution in [0.25, 0.3) is 17.1 Å². The summed E-state index contributed by atoms with van der Waals surface area (Å²) < 4.78 is 10.8. The molecule has 0 bridgehead atoms. The summed E-state index contributed by atoms with van der Waals surface area (Å²) in [6, 6.07) is 13.6. The number of ether oxygens (including phenoxy) is 2. The fourth-order valence-corrected chi connectivity index (χ4v) is 3.24. The maximum atomic E-state index is 12.9. The SMILES string of the molecule is CCOC(=O)C1=C(NCCc2ccccc2)O/C(=C\c2c[nH]c3ncccc23)C1=O.Cl. The lowest BCUT2D eigenvalue weighted by Crippen LogP contribution is -2.21. The van der Waals surface area contributed by atoms with Gasteiger partial charge in [0.1, 0.15) is 5.65 Å². The topological polar surface area (TPSA) is 93.3 Å². The second-order valence-electron chi connectivity index (χ2n) is 6.67. The van der Waals surface area contributed by atoms with Crippen molar-refractivity contribution in [3.63, 3.8) is 0 Å². The number of fused-ring (bicyclic) bond motifs is 1. The van der Waals surface area contributed by atoms with Gasteiger partial charge in [-0.05, 0) is 37.1 Å². The number of aromatic amines is 1. The first-order valence-electron chi connectivity index (χ1n) is 9.73. The molecule has 0 spiro atoms. The van der Waals surface area contributed by atoms with Crippen LogP contribution in [0, 0.1) is 0 Å². The summed E-state index contributed by atoms with van der Waals surface area (Å²) in [5.41, 5.74) is 2.47. The Morgan fingerprint density at radius 3 is 2.81 bits per heavy atom. The molecule has 0 amide bonds. The van der Waals surface area contributed by atoms with Gasteiger partial charge in [0.2, 0.25) is 11.7 Å². The first-order chi connectivity index (χ1) is 14.7. The molecule has 0 radical (unpaired) electrons. The third-order valence-corrected chi connectivity index (χ3v) is 4.68. The second kappa shape index (κ2) is 9.95. The van der Waals surface area contributed by atoms with Crippen molar-refractivity contribution in [1.29, 1.82) is 0 Å². The molecule has 1 aliphatic heterocycles. The van der Waals surface area contributed by atoms with E-state index in [2.05, 4.69) is 15.3 Å². The smallest absolute Gasteiger partial charge is 0.347 e. The minimum absolute atomic E-state index is 0. The van der Waals surface area contributed by atoms with Gasteiger partial charge in [0, 0.05) is 29.9 Å². The van der Waals surface area contributed by atoms with Crippen molar-refractivity contribution in [3.8, 4) is 0 Å². The standard InChI is InChI=1S/C23H21N3O4.ClH/c1-2-29-23(28)19-20(27)18(13-16-14-26-21-17(16)9-6-11-24-21)30-22(19)25-12-10-15-7-4-3-5-8-15;/h3-9,11,13-14,25H,2,10,12H2,1H3,(H,24,26);1H/b18-13-;. The van der Waals surface area contributed by atoms with Crippen molar-refractivity contribution in [2.45, 2.75) is 13.3 Å². The van der Waals surface area contributed by atoms with E-state index in [1.54, 1.807) is 25.4 Å². The second-order valence-corrected chi connectivity index (χ2v) is 6.67. The summed E-state index contributed by atoms with van der Waals surface area (Å²) in [7, 11) is 0. The molecule has 0 fully saturated rings. The Kier molecular flexibility index (Phi) is 7.10. The zero-order valence-corrected chi connectivity index (χ0v) is 17.7. The maximum absolute atomic E-state index is 12.9. The highest BCUT2D eigenvalue weighted by Gasteiger charge is 2.36. The summed E-state index contributed by atoms with van der Waals surface area (Å²) >= 11 is 0. The molecule has 160 valence electrons. The zero-order chi connectivity index (χ0) is 20.9. The average Bonchev–Trinajstić information content (AvgIpc) is 3.30. The number of ketones is 1. The van der Waals surface area contributed by atoms with Gasteiger partial charge >= 0.3 is 5.97 Å². The van der Waals surface area contributed by atoms with Gasteiger partial charge in [0.25, 0.3) is 0 Å². The van der Waals surface area contributed by atoms with Crippen molar-refractivity contribution < 1.29 is 19.1 Å². The molecule has 0 atom stereocenters. The van der Waals surface area contributed by atoms with E-state index in [0.29, 0.717) is 18.6 Å². The van der Waals surface area contributed by atoms with E-state index in [9.17, 15) is 9.59 Å². The van der Waals surface area contributed by atoms with Gasteiger partial charge in [0.15, 0.2) is 11.3 Å². The van der Waals surface area contributed by atoms with E-state index in [4.69, 9.17) is 9.47 Å². The number of nitrogens with one attached hydrogen (secondary N) is 2. The fraction of sp³-hybridized carbons (Fsp3) is 0.174. The normalized spacial score (nSPS) is 14.5. The van der Waals surface area contributed by atoms with E-state index >= 15 is 0 Å². The number of pyridine rings is 1. The summed E-state index contributed by atoms with van der Waals surface area (Å²) in [4.78, 5) is 32.6. The minimum Gasteiger partial charge on any atom is -0.462 e. The number of allylic oxidation sites excluding steroid dienone is 1. The highest BCUT2D eigenvalue weighted by Crippen LogP contribution is 2.28. The zero-order valence-electron chi connectivity index (χ0n) is 16.9. The van der Waals surface area contributed by atoms with Crippen molar-refractivity contribution in [3.05, 3.63) is 83.2 Å². The fourth-order valence-electron chi connectivity index (χ4n) is 3.24. The molecule has 1 aromatic carbocycles. The lowest BCUT2D eigenvalue weighted by atomic mass is 10.1. The Balaban J connectivity index is 0.00000272. The summed E-state index contributed by atoms with van der Waals surface area (Å²) in [6.07, 6.45) is 5.74. The van der Waals surface area contributed by atoms with Crippen LogP contribution in [0.2, 0.25) is 0 Å². The Morgan fingerprint density at radius 2 is 2.03 bits per heavy atom. The van der Waals surface area contributed by atoms with E-state index in [1.807, 2.05) is 42.5 Å². The van der Waals surface area contributed by atoms with Crippen molar-refractivity contribution in [2.75, 3.05) is 13.2 Å². The molecule has 2 aromatic heterocycles. The molecule has 31 heavy (non-hydrogen) atoms. The number of benzene rings is 1. The van der Waals surface area contributed by atoms with Crippen LogP contribution < -0.4 is 5.32 Å². The average molecular weight is 440 g/mol. The number of aromatic nitrogens is 2. The molecule has 7 nitrogen and oxygen atoms in total. The summed E-state index contributed by atoms with van der Waals surface area (Å²) in [5, 5.41) is 3.92. The van der Waals surface area contributed by atoms with E-state index in [-0.39, 0.29) is 36.2 Å². The molecule has 1 aliphatic rings. The third kappa shape index (κ3) is 4.78. The van der Waals surface area contributed by atoms with Crippen LogP contribution in [-0.4, -0.2) is 34.9 Å². The predicted molar refractivity (Wildman–Crippen MR) is 119 cm³/mol. The largest absolute Gasteiger partial charge is 0.462 e. The molecule has 3 heterocycles. The van der Waals surface area contributed by atoms with Gasteiger partial charge in [-0.15, -0.1) is 12.4 Å². The van der Waals surface area contributed by atoms with Crippen LogP contribution in [0.5, 0.6) is 0 Å². The van der Waals surface area contributed by atoms with Crippen molar-refractivity contribution in [1.82, 2.24) is 15.3 Å². The molecule has 8 heteroatoms. The van der Waals surface area contributed by atoms with E-state index in [0.717, 1.165) is 16.5 Å². The Morgan fingerprint density at radius 1 is 1.23 bits per heavy atom. The number of Topliss-reactive ketones (excluding diaryl/α,β-unsaturated/α-hetero) is 1. The predicted octanol–water partition coefficient (Wildman–Crippen LogP) is 3.53. The third-order valence-electron chi connectivity index (χ3n) is 4.68. The minimum atomic E-state index is -0.700. The molecule has 4 rings (SSSR count). The summed E-state index contributed by atoms with van der Waals surface area (Å²) in [5.74, 6) is -1.02. The highest BCUT2D eigenvalue weighted by atomic mass is 35.5. The van der Waals surface area contributed by atoms with Gasteiger partial charge in [-0.1, -0.05) is 30.3 Å². The number of rotatable bonds is 7. The van der Waals surface area contributed by atoms with Crippen LogP contribution in [0.4, 0.5) is 0 Å². The van der Waals surface area contributed by atoms with Gasteiger partial charge < -0.3 is 19.8 Å². The van der Waals surface area contributed by atoms with Crippen LogP contribution in [0.15, 0.2) is 72.1 Å². The monoisotopic (exact) mass is 439 g/mol. The van der Waals surface area contributed by atoms with Crippen molar-refractivity contribution in [2.24, 2.45) is 0 Å². The Bertz CT molecular complexity index is 1150. The molecule has 0 saturated heterocycles. The lowest BCUT2D eigenvalue weighted by molar-refractivity contribution is -0.139. The number of esters is 1. The molecular weight excluding hydrogens is 418 g/mol. The molecule has 0 unspecified atom stereocenters. The number of hydrogen-bond donors (Lipinski definition) is 2. The van der Waals surface area contributed by atoms with E-state index in [1.165, 1.54) is 0 Å². The Labute approximate surface area is 185 Å². The lowest BCUT2D eigenvalue weighted by Gasteiger charge is -2.08. The first-order valence-corrected chi connectivity index (χ1v) is 9.73.